The van der Waals surface area contributed by atoms with E-state index in [0.717, 1.165) is 35.5 Å². The second-order valence-corrected chi connectivity index (χ2v) is 6.99. The molecule has 1 atom stereocenters. The number of ether oxygens (including phenoxy) is 1. The Hall–Kier alpha value is -3.58. The highest BCUT2D eigenvalue weighted by Crippen LogP contribution is 2.32. The molecule has 1 aliphatic rings. The van der Waals surface area contributed by atoms with Gasteiger partial charge in [0.25, 0.3) is 0 Å². The molecule has 0 unspecified atom stereocenters. The van der Waals surface area contributed by atoms with Crippen LogP contribution in [0.4, 0.5) is 23.3 Å². The van der Waals surface area contributed by atoms with Gasteiger partial charge in [0.2, 0.25) is 5.95 Å². The molecule has 1 saturated heterocycles. The van der Waals surface area contributed by atoms with Gasteiger partial charge < -0.3 is 31.0 Å². The summed E-state index contributed by atoms with van der Waals surface area (Å²) in [6.45, 7) is 4.88. The zero-order chi connectivity index (χ0) is 20.5. The first-order valence-electron chi connectivity index (χ1n) is 9.36. The number of nitriles is 1. The third-order valence-corrected chi connectivity index (χ3v) is 5.06. The summed E-state index contributed by atoms with van der Waals surface area (Å²) in [5.41, 5.74) is 15.6. The lowest BCUT2D eigenvalue weighted by molar-refractivity contribution is 0.122. The fourth-order valence-corrected chi connectivity index (χ4v) is 3.55. The molecule has 0 bridgehead atoms. The highest BCUT2D eigenvalue weighted by atomic mass is 16.5. The summed E-state index contributed by atoms with van der Waals surface area (Å²) in [5.74, 6) is 0.360. The van der Waals surface area contributed by atoms with E-state index in [0.29, 0.717) is 19.0 Å². The van der Waals surface area contributed by atoms with Crippen molar-refractivity contribution in [2.45, 2.75) is 13.0 Å². The Bertz CT molecular complexity index is 1100. The number of nitrogens with one attached hydrogen (secondary N) is 1. The first-order valence-corrected chi connectivity index (χ1v) is 9.36. The molecule has 0 amide bonds. The van der Waals surface area contributed by atoms with Crippen molar-refractivity contribution in [2.24, 2.45) is 7.05 Å². The molecule has 29 heavy (non-hydrogen) atoms. The minimum absolute atomic E-state index is 0.0103. The van der Waals surface area contributed by atoms with E-state index in [-0.39, 0.29) is 23.4 Å². The Labute approximate surface area is 168 Å². The lowest BCUT2D eigenvalue weighted by atomic mass is 10.1. The minimum Gasteiger partial charge on any atom is -0.382 e. The van der Waals surface area contributed by atoms with Gasteiger partial charge in [0, 0.05) is 26.3 Å². The highest BCUT2D eigenvalue weighted by Gasteiger charge is 2.23. The van der Waals surface area contributed by atoms with Crippen molar-refractivity contribution in [1.82, 2.24) is 19.5 Å². The molecule has 0 spiro atoms. The van der Waals surface area contributed by atoms with Crippen molar-refractivity contribution in [3.63, 3.8) is 0 Å². The molecule has 3 aromatic heterocycles. The Balaban J connectivity index is 1.77. The number of nitrogens with two attached hydrogens (primary N) is 2. The van der Waals surface area contributed by atoms with Crippen LogP contribution in [0.1, 0.15) is 24.2 Å². The quantitative estimate of drug-likeness (QED) is 0.599. The van der Waals surface area contributed by atoms with Crippen molar-refractivity contribution in [3.8, 4) is 6.07 Å². The molecule has 0 aromatic carbocycles. The Kier molecular flexibility index (Phi) is 4.82. The standard InChI is InChI=1S/C19H23N9O/c1-11(23-18-12(10-20)17(21)25-19(22)26-18)16-15(28-5-7-29-8-6-28)9-14-13(24-16)3-4-27(14)2/h3-4,9,11H,5-8H2,1-2H3,(H5,21,22,23,25,26)/t11-/m1/s1. The van der Waals surface area contributed by atoms with Gasteiger partial charge in [0.05, 0.1) is 41.7 Å². The minimum atomic E-state index is -0.252. The summed E-state index contributed by atoms with van der Waals surface area (Å²) in [7, 11) is 2.00. The van der Waals surface area contributed by atoms with Crippen LogP contribution in [-0.4, -0.2) is 45.8 Å². The lowest BCUT2D eigenvalue weighted by Crippen LogP contribution is -2.37. The molecule has 4 rings (SSSR count). The van der Waals surface area contributed by atoms with Crippen LogP contribution >= 0.6 is 0 Å². The van der Waals surface area contributed by atoms with Gasteiger partial charge in [0.1, 0.15) is 17.5 Å². The number of morpholine rings is 1. The number of nitrogens with zero attached hydrogens (tertiary/aromatic N) is 6. The number of nitrogen functional groups attached to an aromatic ring is 2. The number of hydrogen-bond acceptors (Lipinski definition) is 9. The normalized spacial score (nSPS) is 15.3. The van der Waals surface area contributed by atoms with Gasteiger partial charge in [-0.2, -0.15) is 15.2 Å². The molecular weight excluding hydrogens is 370 g/mol. The van der Waals surface area contributed by atoms with Gasteiger partial charge in [-0.25, -0.2) is 4.98 Å². The second kappa shape index (κ2) is 7.44. The number of rotatable bonds is 4. The number of pyridine rings is 1. The van der Waals surface area contributed by atoms with E-state index in [4.69, 9.17) is 21.2 Å². The summed E-state index contributed by atoms with van der Waals surface area (Å²) in [5, 5.41) is 12.7. The van der Waals surface area contributed by atoms with E-state index in [1.54, 1.807) is 0 Å². The van der Waals surface area contributed by atoms with Gasteiger partial charge in [-0.1, -0.05) is 0 Å². The van der Waals surface area contributed by atoms with Crippen molar-refractivity contribution in [3.05, 3.63) is 29.6 Å². The molecule has 0 saturated carbocycles. The molecule has 1 fully saturated rings. The van der Waals surface area contributed by atoms with E-state index in [1.165, 1.54) is 0 Å². The van der Waals surface area contributed by atoms with Crippen LogP contribution in [0, 0.1) is 11.3 Å². The van der Waals surface area contributed by atoms with Crippen molar-refractivity contribution in [1.29, 1.82) is 5.26 Å². The summed E-state index contributed by atoms with van der Waals surface area (Å²) in [6, 6.07) is 5.92. The molecule has 10 nitrogen and oxygen atoms in total. The highest BCUT2D eigenvalue weighted by molar-refractivity contribution is 5.81. The number of aromatic nitrogens is 4. The van der Waals surface area contributed by atoms with Gasteiger partial charge in [0.15, 0.2) is 5.82 Å². The van der Waals surface area contributed by atoms with E-state index < -0.39 is 0 Å². The maximum atomic E-state index is 9.44. The summed E-state index contributed by atoms with van der Waals surface area (Å²) >= 11 is 0. The molecule has 3 aromatic rings. The number of fused-ring (bicyclic) bond motifs is 1. The maximum Gasteiger partial charge on any atom is 0.224 e. The van der Waals surface area contributed by atoms with Crippen LogP contribution in [0.2, 0.25) is 0 Å². The van der Waals surface area contributed by atoms with Gasteiger partial charge >= 0.3 is 0 Å². The van der Waals surface area contributed by atoms with E-state index in [1.807, 2.05) is 36.9 Å². The van der Waals surface area contributed by atoms with Crippen LogP contribution < -0.4 is 21.7 Å². The average molecular weight is 393 g/mol. The predicted octanol–water partition coefficient (Wildman–Crippen LogP) is 1.41. The first kappa shape index (κ1) is 18.8. The van der Waals surface area contributed by atoms with Crippen LogP contribution in [0.15, 0.2) is 18.3 Å². The fraction of sp³-hybridized carbons (Fsp3) is 0.368. The van der Waals surface area contributed by atoms with Crippen molar-refractivity contribution in [2.75, 3.05) is 48.0 Å². The molecule has 0 radical (unpaired) electrons. The van der Waals surface area contributed by atoms with E-state index in [2.05, 4.69) is 26.3 Å². The lowest BCUT2D eigenvalue weighted by Gasteiger charge is -2.31. The molecule has 4 heterocycles. The topological polar surface area (TPSA) is 144 Å². The van der Waals surface area contributed by atoms with Crippen LogP contribution in [-0.2, 0) is 11.8 Å². The zero-order valence-corrected chi connectivity index (χ0v) is 16.4. The summed E-state index contributed by atoms with van der Waals surface area (Å²) < 4.78 is 7.56. The van der Waals surface area contributed by atoms with Gasteiger partial charge in [-0.05, 0) is 19.1 Å². The Morgan fingerprint density at radius 3 is 2.72 bits per heavy atom. The van der Waals surface area contributed by atoms with Crippen molar-refractivity contribution < 1.29 is 4.74 Å². The van der Waals surface area contributed by atoms with Gasteiger partial charge in [-0.3, -0.25) is 0 Å². The summed E-state index contributed by atoms with van der Waals surface area (Å²) in [4.78, 5) is 15.2. The number of hydrogen-bond donors (Lipinski definition) is 3. The average Bonchev–Trinajstić information content (AvgIpc) is 3.07. The third kappa shape index (κ3) is 3.48. The first-order chi connectivity index (χ1) is 14.0. The van der Waals surface area contributed by atoms with Crippen molar-refractivity contribution >= 4 is 34.3 Å². The summed E-state index contributed by atoms with van der Waals surface area (Å²) in [6.07, 6.45) is 1.99. The maximum absolute atomic E-state index is 9.44. The molecule has 150 valence electrons. The smallest absolute Gasteiger partial charge is 0.224 e. The third-order valence-electron chi connectivity index (χ3n) is 5.06. The van der Waals surface area contributed by atoms with Crippen LogP contribution in [0.3, 0.4) is 0 Å². The molecule has 1 aliphatic heterocycles. The van der Waals surface area contributed by atoms with E-state index >= 15 is 0 Å². The second-order valence-electron chi connectivity index (χ2n) is 6.99. The van der Waals surface area contributed by atoms with Crippen LogP contribution in [0.25, 0.3) is 11.0 Å². The molecular formula is C19H23N9O. The fourth-order valence-electron chi connectivity index (χ4n) is 3.55. The van der Waals surface area contributed by atoms with Gasteiger partial charge in [-0.15, -0.1) is 0 Å². The molecule has 5 N–H and O–H groups in total. The molecule has 0 aliphatic carbocycles. The van der Waals surface area contributed by atoms with Crippen LogP contribution in [0.5, 0.6) is 0 Å². The van der Waals surface area contributed by atoms with E-state index in [9.17, 15) is 5.26 Å². The zero-order valence-electron chi connectivity index (χ0n) is 16.4. The Morgan fingerprint density at radius 2 is 2.00 bits per heavy atom. The number of aryl methyl sites for hydroxylation is 1. The monoisotopic (exact) mass is 393 g/mol. The largest absolute Gasteiger partial charge is 0.382 e. The Morgan fingerprint density at radius 1 is 1.24 bits per heavy atom. The predicted molar refractivity (Wildman–Crippen MR) is 111 cm³/mol. The SMILES string of the molecule is C[C@@H](Nc1nc(N)nc(N)c1C#N)c1nc2ccn(C)c2cc1N1CCOCC1. The molecule has 10 heteroatoms. The number of anilines is 4.